The molecule has 1 aromatic carbocycles. The van der Waals surface area contributed by atoms with E-state index in [4.69, 9.17) is 9.84 Å². The monoisotopic (exact) mass is 331 g/mol. The number of ether oxygens (including phenoxy) is 1. The highest BCUT2D eigenvalue weighted by atomic mass is 16.5. The van der Waals surface area contributed by atoms with Gasteiger partial charge in [0.05, 0.1) is 24.2 Å². The molecule has 0 atom stereocenters. The van der Waals surface area contributed by atoms with Crippen LogP contribution in [0.4, 0.5) is 0 Å². The fraction of sp³-hybridized carbons (Fsp3) is 0.579. The molecule has 1 aliphatic heterocycles. The number of benzene rings is 1. The van der Waals surface area contributed by atoms with Crippen LogP contribution in [0, 0.1) is 0 Å². The maximum Gasteiger partial charge on any atom is 0.335 e. The molecular formula is C19H25NO4. The Morgan fingerprint density at radius 3 is 2.38 bits per heavy atom. The van der Waals surface area contributed by atoms with Crippen LogP contribution >= 0.6 is 0 Å². The molecule has 3 rings (SSSR count). The summed E-state index contributed by atoms with van der Waals surface area (Å²) in [6.07, 6.45) is 7.28. The molecule has 2 fully saturated rings. The number of nitrogens with zero attached hydrogens (tertiary/aromatic N) is 1. The van der Waals surface area contributed by atoms with E-state index in [0.717, 1.165) is 18.4 Å². The molecule has 1 N–H and O–H groups in total. The summed E-state index contributed by atoms with van der Waals surface area (Å²) in [5, 5.41) is 8.94. The third kappa shape index (κ3) is 3.96. The topological polar surface area (TPSA) is 66.8 Å². The summed E-state index contributed by atoms with van der Waals surface area (Å²) in [5.41, 5.74) is 0.957. The van der Waals surface area contributed by atoms with Crippen LogP contribution in [0.15, 0.2) is 24.3 Å². The first-order chi connectivity index (χ1) is 11.6. The minimum Gasteiger partial charge on any atom is -0.478 e. The quantitative estimate of drug-likeness (QED) is 0.925. The van der Waals surface area contributed by atoms with Crippen molar-refractivity contribution >= 4 is 11.9 Å². The Kier molecular flexibility index (Phi) is 5.19. The largest absolute Gasteiger partial charge is 0.478 e. The summed E-state index contributed by atoms with van der Waals surface area (Å²) < 4.78 is 6.10. The number of aromatic carboxylic acids is 1. The van der Waals surface area contributed by atoms with E-state index in [-0.39, 0.29) is 17.1 Å². The average Bonchev–Trinajstić information content (AvgIpc) is 2.81. The number of hydrogen-bond donors (Lipinski definition) is 1. The zero-order chi connectivity index (χ0) is 17.0. The van der Waals surface area contributed by atoms with Crippen molar-refractivity contribution in [2.75, 3.05) is 19.7 Å². The van der Waals surface area contributed by atoms with Crippen molar-refractivity contribution in [3.05, 3.63) is 35.4 Å². The van der Waals surface area contributed by atoms with Gasteiger partial charge in [-0.05, 0) is 30.5 Å². The second-order valence-corrected chi connectivity index (χ2v) is 6.94. The van der Waals surface area contributed by atoms with E-state index in [9.17, 15) is 9.59 Å². The highest BCUT2D eigenvalue weighted by Gasteiger charge is 2.38. The molecule has 2 aliphatic rings. The van der Waals surface area contributed by atoms with Crippen LogP contribution in [0.25, 0.3) is 0 Å². The van der Waals surface area contributed by atoms with Crippen molar-refractivity contribution < 1.29 is 19.4 Å². The number of amides is 1. The summed E-state index contributed by atoms with van der Waals surface area (Å²) in [4.78, 5) is 25.5. The summed E-state index contributed by atoms with van der Waals surface area (Å²) in [6, 6.07) is 6.56. The third-order valence-electron chi connectivity index (χ3n) is 5.17. The maximum absolute atomic E-state index is 12.7. The van der Waals surface area contributed by atoms with E-state index in [1.165, 1.54) is 25.7 Å². The summed E-state index contributed by atoms with van der Waals surface area (Å²) >= 11 is 0. The number of carboxylic acid groups (broad SMARTS) is 1. The third-order valence-corrected chi connectivity index (χ3v) is 5.17. The number of morpholine rings is 1. The van der Waals surface area contributed by atoms with E-state index in [0.29, 0.717) is 26.1 Å². The smallest absolute Gasteiger partial charge is 0.335 e. The van der Waals surface area contributed by atoms with E-state index in [1.807, 2.05) is 4.90 Å². The van der Waals surface area contributed by atoms with Gasteiger partial charge in [0, 0.05) is 13.1 Å². The van der Waals surface area contributed by atoms with Gasteiger partial charge in [0.15, 0.2) is 0 Å². The molecule has 1 heterocycles. The summed E-state index contributed by atoms with van der Waals surface area (Å²) in [7, 11) is 0. The average molecular weight is 331 g/mol. The summed E-state index contributed by atoms with van der Waals surface area (Å²) in [6.45, 7) is 1.95. The molecule has 24 heavy (non-hydrogen) atoms. The van der Waals surface area contributed by atoms with E-state index in [1.54, 1.807) is 24.3 Å². The fourth-order valence-electron chi connectivity index (χ4n) is 3.78. The first-order valence-corrected chi connectivity index (χ1v) is 8.82. The number of carbonyl (C=O) groups excluding carboxylic acids is 1. The Morgan fingerprint density at radius 1 is 1.08 bits per heavy atom. The lowest BCUT2D eigenvalue weighted by atomic mass is 9.92. The first-order valence-electron chi connectivity index (χ1n) is 8.82. The second-order valence-electron chi connectivity index (χ2n) is 6.94. The highest BCUT2D eigenvalue weighted by molar-refractivity contribution is 5.87. The Bertz CT molecular complexity index is 588. The SMILES string of the molecule is O=C(O)c1ccc(CC(=O)N2CCOC3(CCCCCC3)C2)cc1. The van der Waals surface area contributed by atoms with Crippen LogP contribution in [0.5, 0.6) is 0 Å². The van der Waals surface area contributed by atoms with Crippen LogP contribution < -0.4 is 0 Å². The fourth-order valence-corrected chi connectivity index (χ4v) is 3.78. The number of carbonyl (C=O) groups is 2. The molecule has 0 radical (unpaired) electrons. The van der Waals surface area contributed by atoms with Gasteiger partial charge in [0.1, 0.15) is 0 Å². The van der Waals surface area contributed by atoms with Crippen molar-refractivity contribution in [2.24, 2.45) is 0 Å². The predicted octanol–water partition coefficient (Wildman–Crippen LogP) is 2.88. The van der Waals surface area contributed by atoms with Gasteiger partial charge in [-0.3, -0.25) is 4.79 Å². The van der Waals surface area contributed by atoms with Gasteiger partial charge >= 0.3 is 5.97 Å². The molecular weight excluding hydrogens is 306 g/mol. The van der Waals surface area contributed by atoms with Crippen LogP contribution in [-0.4, -0.2) is 47.2 Å². The van der Waals surface area contributed by atoms with E-state index in [2.05, 4.69) is 0 Å². The lowest BCUT2D eigenvalue weighted by Crippen LogP contribution is -2.53. The minimum absolute atomic E-state index is 0.102. The maximum atomic E-state index is 12.7. The Hall–Kier alpha value is -1.88. The zero-order valence-electron chi connectivity index (χ0n) is 14.0. The standard InChI is InChI=1S/C19H25NO4/c21-17(13-15-5-7-16(8-6-15)18(22)23)20-11-12-24-19(14-20)9-3-1-2-4-10-19/h5-8H,1-4,9-14H2,(H,22,23). The number of rotatable bonds is 3. The van der Waals surface area contributed by atoms with Crippen molar-refractivity contribution in [1.82, 2.24) is 4.90 Å². The molecule has 5 heteroatoms. The van der Waals surface area contributed by atoms with Gasteiger partial charge in [0.2, 0.25) is 5.91 Å². The van der Waals surface area contributed by atoms with Crippen LogP contribution in [-0.2, 0) is 16.0 Å². The summed E-state index contributed by atoms with van der Waals surface area (Å²) in [5.74, 6) is -0.846. The minimum atomic E-state index is -0.948. The van der Waals surface area contributed by atoms with E-state index < -0.39 is 5.97 Å². The molecule has 1 saturated heterocycles. The molecule has 0 unspecified atom stereocenters. The molecule has 0 aromatic heterocycles. The lowest BCUT2D eigenvalue weighted by molar-refractivity contribution is -0.152. The zero-order valence-corrected chi connectivity index (χ0v) is 14.0. The molecule has 1 aliphatic carbocycles. The Morgan fingerprint density at radius 2 is 1.75 bits per heavy atom. The highest BCUT2D eigenvalue weighted by Crippen LogP contribution is 2.33. The van der Waals surface area contributed by atoms with Crippen molar-refractivity contribution in [3.63, 3.8) is 0 Å². The molecule has 5 nitrogen and oxygen atoms in total. The van der Waals surface area contributed by atoms with E-state index >= 15 is 0 Å². The molecule has 1 saturated carbocycles. The van der Waals surface area contributed by atoms with Gasteiger partial charge in [-0.25, -0.2) is 4.79 Å². The van der Waals surface area contributed by atoms with Crippen LogP contribution in [0.2, 0.25) is 0 Å². The normalized spacial score (nSPS) is 20.6. The number of hydrogen-bond acceptors (Lipinski definition) is 3. The van der Waals surface area contributed by atoms with Crippen LogP contribution in [0.1, 0.15) is 54.4 Å². The molecule has 1 amide bonds. The van der Waals surface area contributed by atoms with Gasteiger partial charge in [0.25, 0.3) is 0 Å². The first kappa shape index (κ1) is 17.0. The van der Waals surface area contributed by atoms with Crippen LogP contribution in [0.3, 0.4) is 0 Å². The Balaban J connectivity index is 1.62. The van der Waals surface area contributed by atoms with Crippen molar-refractivity contribution in [2.45, 2.75) is 50.5 Å². The molecule has 130 valence electrons. The van der Waals surface area contributed by atoms with Gasteiger partial charge in [-0.15, -0.1) is 0 Å². The number of carboxylic acids is 1. The van der Waals surface area contributed by atoms with Crippen molar-refractivity contribution in [3.8, 4) is 0 Å². The van der Waals surface area contributed by atoms with Gasteiger partial charge < -0.3 is 14.7 Å². The van der Waals surface area contributed by atoms with Gasteiger partial charge in [-0.2, -0.15) is 0 Å². The second kappa shape index (κ2) is 7.34. The molecule has 1 spiro atoms. The Labute approximate surface area is 142 Å². The molecule has 0 bridgehead atoms. The van der Waals surface area contributed by atoms with Gasteiger partial charge in [-0.1, -0.05) is 37.8 Å². The predicted molar refractivity (Wildman–Crippen MR) is 90.1 cm³/mol. The molecule has 1 aromatic rings. The van der Waals surface area contributed by atoms with Crippen molar-refractivity contribution in [1.29, 1.82) is 0 Å². The lowest BCUT2D eigenvalue weighted by Gasteiger charge is -2.42.